The van der Waals surface area contributed by atoms with Gasteiger partial charge in [0.05, 0.1) is 12.5 Å². The van der Waals surface area contributed by atoms with Crippen LogP contribution in [0.1, 0.15) is 53.4 Å². The van der Waals surface area contributed by atoms with Crippen molar-refractivity contribution in [2.24, 2.45) is 11.3 Å². The third kappa shape index (κ3) is 5.07. The van der Waals surface area contributed by atoms with E-state index < -0.39 is 0 Å². The lowest BCUT2D eigenvalue weighted by atomic mass is 9.76. The molecular weight excluding hydrogens is 216 g/mol. The minimum absolute atomic E-state index is 0.107. The molecule has 0 aromatic carbocycles. The molecule has 1 aliphatic carbocycles. The van der Waals surface area contributed by atoms with Crippen LogP contribution in [0.25, 0.3) is 0 Å². The summed E-state index contributed by atoms with van der Waals surface area (Å²) in [6.07, 6.45) is 4.49. The smallest absolute Gasteiger partial charge is 0.311 e. The molecule has 1 saturated carbocycles. The second-order valence-corrected chi connectivity index (χ2v) is 5.88. The summed E-state index contributed by atoms with van der Waals surface area (Å²) >= 11 is 0. The normalized spacial score (nSPS) is 25.3. The van der Waals surface area contributed by atoms with Crippen LogP contribution in [-0.4, -0.2) is 25.3 Å². The fraction of sp³-hybridized carbons (Fsp3) is 0.929. The maximum atomic E-state index is 11.8. The maximum Gasteiger partial charge on any atom is 0.311 e. The first-order valence-corrected chi connectivity index (χ1v) is 6.73. The molecule has 100 valence electrons. The lowest BCUT2D eigenvalue weighted by Crippen LogP contribution is -2.32. The molecule has 0 spiro atoms. The minimum Gasteiger partial charge on any atom is -0.462 e. The van der Waals surface area contributed by atoms with Gasteiger partial charge in [-0.05, 0) is 44.9 Å². The second kappa shape index (κ2) is 6.39. The van der Waals surface area contributed by atoms with E-state index in [1.807, 2.05) is 13.8 Å². The molecule has 0 heterocycles. The molecule has 1 rings (SSSR count). The molecule has 0 amide bonds. The standard InChI is InChI=1S/C14H26O3/c1-5-16-10-11(2)13(15)17-12-7-6-8-14(3,4)9-12/h11-12H,5-10H2,1-4H3. The average molecular weight is 242 g/mol. The van der Waals surface area contributed by atoms with Crippen LogP contribution in [-0.2, 0) is 14.3 Å². The molecule has 0 saturated heterocycles. The van der Waals surface area contributed by atoms with Crippen molar-refractivity contribution >= 4 is 5.97 Å². The van der Waals surface area contributed by atoms with Gasteiger partial charge < -0.3 is 9.47 Å². The van der Waals surface area contributed by atoms with E-state index in [0.29, 0.717) is 18.6 Å². The molecule has 0 aromatic heterocycles. The highest BCUT2D eigenvalue weighted by Gasteiger charge is 2.31. The number of esters is 1. The number of carbonyl (C=O) groups excluding carboxylic acids is 1. The molecular formula is C14H26O3. The molecule has 0 aromatic rings. The summed E-state index contributed by atoms with van der Waals surface area (Å²) < 4.78 is 10.8. The minimum atomic E-state index is -0.153. The first-order valence-electron chi connectivity index (χ1n) is 6.73. The Balaban J connectivity index is 2.35. The Bertz CT molecular complexity index is 248. The van der Waals surface area contributed by atoms with Crippen LogP contribution in [0.5, 0.6) is 0 Å². The van der Waals surface area contributed by atoms with Crippen LogP contribution in [0.15, 0.2) is 0 Å². The zero-order valence-electron chi connectivity index (χ0n) is 11.6. The number of ether oxygens (including phenoxy) is 2. The van der Waals surface area contributed by atoms with Crippen molar-refractivity contribution in [1.82, 2.24) is 0 Å². The topological polar surface area (TPSA) is 35.5 Å². The van der Waals surface area contributed by atoms with E-state index in [9.17, 15) is 4.79 Å². The van der Waals surface area contributed by atoms with Crippen molar-refractivity contribution in [3.05, 3.63) is 0 Å². The molecule has 3 heteroatoms. The Morgan fingerprint density at radius 1 is 1.47 bits per heavy atom. The zero-order chi connectivity index (χ0) is 12.9. The van der Waals surface area contributed by atoms with Crippen LogP contribution < -0.4 is 0 Å². The van der Waals surface area contributed by atoms with Gasteiger partial charge in [0.15, 0.2) is 0 Å². The lowest BCUT2D eigenvalue weighted by Gasteiger charge is -2.35. The van der Waals surface area contributed by atoms with Crippen LogP contribution in [0.3, 0.4) is 0 Å². The second-order valence-electron chi connectivity index (χ2n) is 5.88. The fourth-order valence-electron chi connectivity index (χ4n) is 2.37. The molecule has 3 nitrogen and oxygen atoms in total. The highest BCUT2D eigenvalue weighted by Crippen LogP contribution is 2.36. The Hall–Kier alpha value is -0.570. The Labute approximate surface area is 105 Å². The van der Waals surface area contributed by atoms with Gasteiger partial charge in [0.2, 0.25) is 0 Å². The molecule has 2 atom stereocenters. The largest absolute Gasteiger partial charge is 0.462 e. The monoisotopic (exact) mass is 242 g/mol. The third-order valence-corrected chi connectivity index (χ3v) is 3.42. The van der Waals surface area contributed by atoms with Gasteiger partial charge in [0.1, 0.15) is 6.10 Å². The molecule has 0 aliphatic heterocycles. The summed E-state index contributed by atoms with van der Waals surface area (Å²) in [5.74, 6) is -0.263. The van der Waals surface area contributed by atoms with Crippen molar-refractivity contribution in [2.45, 2.75) is 59.5 Å². The quantitative estimate of drug-likeness (QED) is 0.695. The van der Waals surface area contributed by atoms with Crippen LogP contribution in [0, 0.1) is 11.3 Å². The summed E-state index contributed by atoms with van der Waals surface area (Å²) in [4.78, 5) is 11.8. The van der Waals surface area contributed by atoms with E-state index in [4.69, 9.17) is 9.47 Å². The van der Waals surface area contributed by atoms with E-state index in [1.54, 1.807) is 0 Å². The van der Waals surface area contributed by atoms with E-state index in [-0.39, 0.29) is 18.0 Å². The van der Waals surface area contributed by atoms with Crippen LogP contribution >= 0.6 is 0 Å². The van der Waals surface area contributed by atoms with Gasteiger partial charge in [-0.2, -0.15) is 0 Å². The SMILES string of the molecule is CCOCC(C)C(=O)OC1CCCC(C)(C)C1. The van der Waals surface area contributed by atoms with Crippen LogP contribution in [0.2, 0.25) is 0 Å². The summed E-state index contributed by atoms with van der Waals surface area (Å²) in [5.41, 5.74) is 0.312. The molecule has 2 unspecified atom stereocenters. The van der Waals surface area contributed by atoms with Gasteiger partial charge in [0.25, 0.3) is 0 Å². The van der Waals surface area contributed by atoms with E-state index in [2.05, 4.69) is 13.8 Å². The van der Waals surface area contributed by atoms with Gasteiger partial charge in [0, 0.05) is 6.61 Å². The third-order valence-electron chi connectivity index (χ3n) is 3.42. The first-order chi connectivity index (χ1) is 7.94. The van der Waals surface area contributed by atoms with Crippen molar-refractivity contribution in [2.75, 3.05) is 13.2 Å². The van der Waals surface area contributed by atoms with Crippen molar-refractivity contribution in [3.63, 3.8) is 0 Å². The summed E-state index contributed by atoms with van der Waals surface area (Å²) in [5, 5.41) is 0. The summed E-state index contributed by atoms with van der Waals surface area (Å²) in [6.45, 7) is 9.40. The zero-order valence-corrected chi connectivity index (χ0v) is 11.6. The Kier molecular flexibility index (Phi) is 5.44. The Morgan fingerprint density at radius 2 is 2.18 bits per heavy atom. The average Bonchev–Trinajstić information content (AvgIpc) is 2.24. The molecule has 1 aliphatic rings. The lowest BCUT2D eigenvalue weighted by molar-refractivity contribution is -0.158. The van der Waals surface area contributed by atoms with Crippen molar-refractivity contribution in [1.29, 1.82) is 0 Å². The number of rotatable bonds is 5. The summed E-state index contributed by atoms with van der Waals surface area (Å²) in [7, 11) is 0. The van der Waals surface area contributed by atoms with Gasteiger partial charge >= 0.3 is 5.97 Å². The Morgan fingerprint density at radius 3 is 2.76 bits per heavy atom. The molecule has 0 N–H and O–H groups in total. The van der Waals surface area contributed by atoms with Crippen molar-refractivity contribution < 1.29 is 14.3 Å². The molecule has 17 heavy (non-hydrogen) atoms. The maximum absolute atomic E-state index is 11.8. The van der Waals surface area contributed by atoms with E-state index >= 15 is 0 Å². The number of carbonyl (C=O) groups is 1. The van der Waals surface area contributed by atoms with Crippen molar-refractivity contribution in [3.8, 4) is 0 Å². The number of hydrogen-bond donors (Lipinski definition) is 0. The molecule has 0 radical (unpaired) electrons. The molecule has 1 fully saturated rings. The number of hydrogen-bond acceptors (Lipinski definition) is 3. The van der Waals surface area contributed by atoms with E-state index in [0.717, 1.165) is 19.3 Å². The molecule has 0 bridgehead atoms. The first kappa shape index (κ1) is 14.5. The highest BCUT2D eigenvalue weighted by atomic mass is 16.5. The van der Waals surface area contributed by atoms with Gasteiger partial charge in [-0.15, -0.1) is 0 Å². The summed E-state index contributed by atoms with van der Waals surface area (Å²) in [6, 6.07) is 0. The van der Waals surface area contributed by atoms with Gasteiger partial charge in [-0.3, -0.25) is 4.79 Å². The predicted molar refractivity (Wildman–Crippen MR) is 67.8 cm³/mol. The highest BCUT2D eigenvalue weighted by molar-refractivity contribution is 5.72. The van der Waals surface area contributed by atoms with E-state index in [1.165, 1.54) is 6.42 Å². The fourth-order valence-corrected chi connectivity index (χ4v) is 2.37. The predicted octanol–water partition coefficient (Wildman–Crippen LogP) is 3.17. The van der Waals surface area contributed by atoms with Gasteiger partial charge in [-0.25, -0.2) is 0 Å². The van der Waals surface area contributed by atoms with Gasteiger partial charge in [-0.1, -0.05) is 13.8 Å². The van der Waals surface area contributed by atoms with Crippen LogP contribution in [0.4, 0.5) is 0 Å².